The van der Waals surface area contributed by atoms with Gasteiger partial charge in [-0.25, -0.2) is 0 Å². The lowest BCUT2D eigenvalue weighted by atomic mass is 9.87. The molecule has 112 valence electrons. The van der Waals surface area contributed by atoms with Crippen molar-refractivity contribution in [2.24, 2.45) is 5.73 Å². The second kappa shape index (κ2) is 6.46. The fourth-order valence-corrected chi connectivity index (χ4v) is 3.39. The van der Waals surface area contributed by atoms with Crippen molar-refractivity contribution in [1.29, 1.82) is 0 Å². The van der Waals surface area contributed by atoms with Gasteiger partial charge in [0.1, 0.15) is 11.5 Å². The first-order valence-corrected chi connectivity index (χ1v) is 7.42. The third-order valence-electron chi connectivity index (χ3n) is 4.32. The molecular formula is C16H26N2O2. The van der Waals surface area contributed by atoms with Crippen LogP contribution in [0.2, 0.25) is 0 Å². The average molecular weight is 278 g/mol. The second-order valence-corrected chi connectivity index (χ2v) is 5.17. The van der Waals surface area contributed by atoms with E-state index in [4.69, 9.17) is 15.2 Å². The van der Waals surface area contributed by atoms with E-state index in [9.17, 15) is 0 Å². The lowest BCUT2D eigenvalue weighted by Gasteiger charge is -2.38. The molecule has 0 saturated carbocycles. The predicted octanol–water partition coefficient (Wildman–Crippen LogP) is 2.49. The van der Waals surface area contributed by atoms with E-state index in [2.05, 4.69) is 18.7 Å². The Morgan fingerprint density at radius 2 is 2.05 bits per heavy atom. The fraction of sp³-hybridized carbons (Fsp3) is 0.625. The monoisotopic (exact) mass is 278 g/mol. The van der Waals surface area contributed by atoms with Crippen LogP contribution in [0.1, 0.15) is 43.0 Å². The van der Waals surface area contributed by atoms with E-state index >= 15 is 0 Å². The van der Waals surface area contributed by atoms with E-state index in [1.54, 1.807) is 14.2 Å². The molecule has 1 unspecified atom stereocenters. The number of hydrogen-bond donors (Lipinski definition) is 1. The number of nitrogens with two attached hydrogens (primary N) is 1. The van der Waals surface area contributed by atoms with E-state index in [0.717, 1.165) is 43.0 Å². The molecule has 0 aromatic heterocycles. The molecule has 1 aromatic rings. The zero-order valence-electron chi connectivity index (χ0n) is 13.0. The largest absolute Gasteiger partial charge is 0.496 e. The lowest BCUT2D eigenvalue weighted by molar-refractivity contribution is 0.183. The first kappa shape index (κ1) is 15.1. The van der Waals surface area contributed by atoms with Crippen LogP contribution in [0.25, 0.3) is 0 Å². The third-order valence-corrected chi connectivity index (χ3v) is 4.32. The summed E-state index contributed by atoms with van der Waals surface area (Å²) in [6.45, 7) is 7.04. The zero-order chi connectivity index (χ0) is 14.7. The van der Waals surface area contributed by atoms with Gasteiger partial charge in [0.15, 0.2) is 0 Å². The standard InChI is InChI=1S/C16H26N2O2/c1-5-13-15-12(7-8-18(13)6-2)16(20-4)11(10-17)9-14(15)19-3/h9,13H,5-8,10,17H2,1-4H3. The molecule has 1 heterocycles. The summed E-state index contributed by atoms with van der Waals surface area (Å²) < 4.78 is 11.3. The molecule has 0 fully saturated rings. The molecule has 20 heavy (non-hydrogen) atoms. The van der Waals surface area contributed by atoms with Crippen LogP contribution in [0.4, 0.5) is 0 Å². The minimum atomic E-state index is 0.402. The van der Waals surface area contributed by atoms with Gasteiger partial charge in [0.2, 0.25) is 0 Å². The van der Waals surface area contributed by atoms with Gasteiger partial charge in [-0.05, 0) is 25.5 Å². The molecule has 1 aliphatic heterocycles. The molecule has 2 rings (SSSR count). The molecule has 0 bridgehead atoms. The Labute approximate surface area is 121 Å². The molecule has 2 N–H and O–H groups in total. The Kier molecular flexibility index (Phi) is 4.89. The number of nitrogens with zero attached hydrogens (tertiary/aromatic N) is 1. The smallest absolute Gasteiger partial charge is 0.127 e. The van der Waals surface area contributed by atoms with Crippen LogP contribution in [-0.4, -0.2) is 32.2 Å². The van der Waals surface area contributed by atoms with Crippen LogP contribution in [0.5, 0.6) is 11.5 Å². The lowest BCUT2D eigenvalue weighted by Crippen LogP contribution is -2.35. The van der Waals surface area contributed by atoms with Gasteiger partial charge in [0, 0.05) is 35.8 Å². The van der Waals surface area contributed by atoms with Crippen molar-refractivity contribution in [2.75, 3.05) is 27.3 Å². The Hall–Kier alpha value is -1.26. The highest BCUT2D eigenvalue weighted by Crippen LogP contribution is 2.44. The molecule has 0 radical (unpaired) electrons. The van der Waals surface area contributed by atoms with Gasteiger partial charge in [-0.1, -0.05) is 13.8 Å². The van der Waals surface area contributed by atoms with Gasteiger partial charge in [-0.15, -0.1) is 0 Å². The molecular weight excluding hydrogens is 252 g/mol. The number of fused-ring (bicyclic) bond motifs is 1. The van der Waals surface area contributed by atoms with E-state index in [1.807, 2.05) is 6.07 Å². The van der Waals surface area contributed by atoms with Crippen LogP contribution in [0, 0.1) is 0 Å². The maximum Gasteiger partial charge on any atom is 0.127 e. The van der Waals surface area contributed by atoms with Crippen molar-refractivity contribution >= 4 is 0 Å². The van der Waals surface area contributed by atoms with Crippen molar-refractivity contribution in [3.05, 3.63) is 22.8 Å². The number of methoxy groups -OCH3 is 2. The van der Waals surface area contributed by atoms with E-state index < -0.39 is 0 Å². The number of likely N-dealkylation sites (N-methyl/N-ethyl adjacent to an activating group) is 1. The molecule has 0 amide bonds. The number of ether oxygens (including phenoxy) is 2. The molecule has 0 spiro atoms. The minimum Gasteiger partial charge on any atom is -0.496 e. The van der Waals surface area contributed by atoms with Gasteiger partial charge in [0.25, 0.3) is 0 Å². The predicted molar refractivity (Wildman–Crippen MR) is 81.4 cm³/mol. The molecule has 0 aliphatic carbocycles. The van der Waals surface area contributed by atoms with Crippen LogP contribution in [0.3, 0.4) is 0 Å². The highest BCUT2D eigenvalue weighted by Gasteiger charge is 2.31. The Morgan fingerprint density at radius 3 is 2.55 bits per heavy atom. The van der Waals surface area contributed by atoms with Gasteiger partial charge >= 0.3 is 0 Å². The molecule has 1 aromatic carbocycles. The SMILES string of the molecule is CCC1c2c(OC)cc(CN)c(OC)c2CCN1CC. The Bertz CT molecular complexity index is 474. The van der Waals surface area contributed by atoms with Crippen molar-refractivity contribution in [3.8, 4) is 11.5 Å². The maximum absolute atomic E-state index is 5.86. The van der Waals surface area contributed by atoms with Crippen molar-refractivity contribution in [2.45, 2.75) is 39.3 Å². The van der Waals surface area contributed by atoms with E-state index in [-0.39, 0.29) is 0 Å². The van der Waals surface area contributed by atoms with Gasteiger partial charge in [-0.2, -0.15) is 0 Å². The van der Waals surface area contributed by atoms with Crippen LogP contribution in [0.15, 0.2) is 6.07 Å². The van der Waals surface area contributed by atoms with Gasteiger partial charge < -0.3 is 15.2 Å². The van der Waals surface area contributed by atoms with Crippen molar-refractivity contribution < 1.29 is 9.47 Å². The summed E-state index contributed by atoms with van der Waals surface area (Å²) in [5.41, 5.74) is 9.46. The highest BCUT2D eigenvalue weighted by atomic mass is 16.5. The summed E-state index contributed by atoms with van der Waals surface area (Å²) in [6, 6.07) is 2.44. The minimum absolute atomic E-state index is 0.402. The maximum atomic E-state index is 5.86. The second-order valence-electron chi connectivity index (χ2n) is 5.17. The summed E-state index contributed by atoms with van der Waals surface area (Å²) in [4.78, 5) is 2.51. The highest BCUT2D eigenvalue weighted by molar-refractivity contribution is 5.56. The average Bonchev–Trinajstić information content (AvgIpc) is 2.51. The van der Waals surface area contributed by atoms with Crippen molar-refractivity contribution in [1.82, 2.24) is 4.90 Å². The van der Waals surface area contributed by atoms with E-state index in [1.165, 1.54) is 11.1 Å². The van der Waals surface area contributed by atoms with E-state index in [0.29, 0.717) is 12.6 Å². The summed E-state index contributed by atoms with van der Waals surface area (Å²) in [5.74, 6) is 1.91. The summed E-state index contributed by atoms with van der Waals surface area (Å²) in [6.07, 6.45) is 2.06. The first-order valence-electron chi connectivity index (χ1n) is 7.42. The van der Waals surface area contributed by atoms with Crippen LogP contribution < -0.4 is 15.2 Å². The number of hydrogen-bond acceptors (Lipinski definition) is 4. The first-order chi connectivity index (χ1) is 9.71. The zero-order valence-corrected chi connectivity index (χ0v) is 13.0. The molecule has 1 aliphatic rings. The van der Waals surface area contributed by atoms with Crippen molar-refractivity contribution in [3.63, 3.8) is 0 Å². The quantitative estimate of drug-likeness (QED) is 0.899. The molecule has 4 heteroatoms. The fourth-order valence-electron chi connectivity index (χ4n) is 3.39. The molecule has 4 nitrogen and oxygen atoms in total. The van der Waals surface area contributed by atoms with Crippen LogP contribution in [-0.2, 0) is 13.0 Å². The third kappa shape index (κ3) is 2.38. The Morgan fingerprint density at radius 1 is 1.30 bits per heavy atom. The summed E-state index contributed by atoms with van der Waals surface area (Å²) in [7, 11) is 3.47. The van der Waals surface area contributed by atoms with Crippen LogP contribution >= 0.6 is 0 Å². The summed E-state index contributed by atoms with van der Waals surface area (Å²) in [5, 5.41) is 0. The number of benzene rings is 1. The van der Waals surface area contributed by atoms with Gasteiger partial charge in [0.05, 0.1) is 14.2 Å². The Balaban J connectivity index is 2.64. The number of rotatable bonds is 5. The normalized spacial score (nSPS) is 18.8. The molecule has 0 saturated heterocycles. The molecule has 1 atom stereocenters. The van der Waals surface area contributed by atoms with Gasteiger partial charge in [-0.3, -0.25) is 4.90 Å². The summed E-state index contributed by atoms with van der Waals surface area (Å²) >= 11 is 0. The topological polar surface area (TPSA) is 47.7 Å².